The number of hydrogen-bond acceptors (Lipinski definition) is 1. The van der Waals surface area contributed by atoms with Crippen molar-refractivity contribution in [2.75, 3.05) is 0 Å². The first kappa shape index (κ1) is 8.03. The molecule has 1 saturated carbocycles. The summed E-state index contributed by atoms with van der Waals surface area (Å²) < 4.78 is 0. The van der Waals surface area contributed by atoms with Crippen LogP contribution in [0.5, 0.6) is 0 Å². The van der Waals surface area contributed by atoms with E-state index < -0.39 is 0 Å². The summed E-state index contributed by atoms with van der Waals surface area (Å²) in [5.74, 6) is 1.34. The molecule has 0 N–H and O–H groups in total. The van der Waals surface area contributed by atoms with Crippen molar-refractivity contribution < 1.29 is 4.79 Å². The van der Waals surface area contributed by atoms with Crippen molar-refractivity contribution in [2.24, 2.45) is 17.3 Å². The lowest BCUT2D eigenvalue weighted by Crippen LogP contribution is -2.33. The van der Waals surface area contributed by atoms with Gasteiger partial charge in [-0.2, -0.15) is 0 Å². The summed E-state index contributed by atoms with van der Waals surface area (Å²) in [7, 11) is 0. The minimum absolute atomic E-state index is 0.0457. The van der Waals surface area contributed by atoms with E-state index in [1.807, 2.05) is 0 Å². The van der Waals surface area contributed by atoms with Gasteiger partial charge >= 0.3 is 0 Å². The van der Waals surface area contributed by atoms with E-state index in [9.17, 15) is 4.79 Å². The second-order valence-corrected chi connectivity index (χ2v) is 4.46. The maximum Gasteiger partial charge on any atom is 0.126 e. The van der Waals surface area contributed by atoms with Crippen LogP contribution in [0.15, 0.2) is 12.2 Å². The Bertz CT molecular complexity index is 219. The Labute approximate surface area is 73.8 Å². The van der Waals surface area contributed by atoms with Gasteiger partial charge in [0.2, 0.25) is 0 Å². The van der Waals surface area contributed by atoms with E-state index in [0.717, 1.165) is 6.42 Å². The van der Waals surface area contributed by atoms with Crippen LogP contribution in [-0.2, 0) is 4.79 Å². The Kier molecular flexibility index (Phi) is 1.82. The third-order valence-corrected chi connectivity index (χ3v) is 3.63. The van der Waals surface area contributed by atoms with Gasteiger partial charge in [-0.15, -0.1) is 0 Å². The maximum atomic E-state index is 11.0. The van der Waals surface area contributed by atoms with Crippen molar-refractivity contribution in [3.8, 4) is 0 Å². The second kappa shape index (κ2) is 2.72. The number of hydrogen-bond donors (Lipinski definition) is 0. The quantitative estimate of drug-likeness (QED) is 0.430. The molecule has 2 aliphatic rings. The summed E-state index contributed by atoms with van der Waals surface area (Å²) in [6.07, 6.45) is 10.5. The highest BCUT2D eigenvalue weighted by Crippen LogP contribution is 2.48. The molecule has 0 aromatic heterocycles. The molecule has 0 heterocycles. The number of rotatable bonds is 1. The monoisotopic (exact) mass is 164 g/mol. The fourth-order valence-corrected chi connectivity index (χ4v) is 2.82. The smallest absolute Gasteiger partial charge is 0.126 e. The van der Waals surface area contributed by atoms with Crippen LogP contribution in [0.25, 0.3) is 0 Å². The highest BCUT2D eigenvalue weighted by atomic mass is 16.1. The standard InChI is InChI=1S/C11H16O/c1-11(8-12)7-3-5-9-4-2-6-10(9)11/h3,5,8-10H,2,4,6-7H2,1H3/t9-,10+,11-/m0/s1. The molecule has 1 heteroatoms. The Hall–Kier alpha value is -0.590. The summed E-state index contributed by atoms with van der Waals surface area (Å²) in [5.41, 5.74) is -0.0457. The van der Waals surface area contributed by atoms with Crippen molar-refractivity contribution >= 4 is 6.29 Å². The van der Waals surface area contributed by atoms with Crippen molar-refractivity contribution in [3.05, 3.63) is 12.2 Å². The molecule has 12 heavy (non-hydrogen) atoms. The van der Waals surface area contributed by atoms with Crippen molar-refractivity contribution in [2.45, 2.75) is 32.6 Å². The van der Waals surface area contributed by atoms with Gasteiger partial charge < -0.3 is 4.79 Å². The highest BCUT2D eigenvalue weighted by molar-refractivity contribution is 5.60. The molecule has 0 aliphatic heterocycles. The predicted molar refractivity (Wildman–Crippen MR) is 48.8 cm³/mol. The lowest BCUT2D eigenvalue weighted by atomic mass is 9.68. The van der Waals surface area contributed by atoms with Crippen molar-refractivity contribution in [1.29, 1.82) is 0 Å². The maximum absolute atomic E-state index is 11.0. The minimum Gasteiger partial charge on any atom is -0.303 e. The Balaban J connectivity index is 2.27. The molecule has 0 radical (unpaired) electrons. The SMILES string of the molecule is C[C@@]1(C=O)CC=C[C@@H]2CCC[C@H]21. The molecule has 0 amide bonds. The number of carbonyl (C=O) groups is 1. The van der Waals surface area contributed by atoms with Crippen LogP contribution >= 0.6 is 0 Å². The van der Waals surface area contributed by atoms with Gasteiger partial charge in [-0.1, -0.05) is 25.5 Å². The summed E-state index contributed by atoms with van der Waals surface area (Å²) in [6, 6.07) is 0. The number of allylic oxidation sites excluding steroid dienone is 2. The van der Waals surface area contributed by atoms with Crippen molar-refractivity contribution in [1.82, 2.24) is 0 Å². The highest BCUT2D eigenvalue weighted by Gasteiger charge is 2.42. The zero-order valence-corrected chi connectivity index (χ0v) is 7.62. The zero-order chi connectivity index (χ0) is 8.60. The number of fused-ring (bicyclic) bond motifs is 1. The number of carbonyl (C=O) groups excluding carboxylic acids is 1. The van der Waals surface area contributed by atoms with Gasteiger partial charge in [0, 0.05) is 5.41 Å². The lowest BCUT2D eigenvalue weighted by Gasteiger charge is -2.35. The van der Waals surface area contributed by atoms with Crippen LogP contribution in [0, 0.1) is 17.3 Å². The molecule has 1 nitrogen and oxygen atoms in total. The third-order valence-electron chi connectivity index (χ3n) is 3.63. The van der Waals surface area contributed by atoms with E-state index in [1.54, 1.807) is 0 Å². The van der Waals surface area contributed by atoms with E-state index in [4.69, 9.17) is 0 Å². The van der Waals surface area contributed by atoms with Crippen LogP contribution in [0.4, 0.5) is 0 Å². The van der Waals surface area contributed by atoms with Crippen LogP contribution in [-0.4, -0.2) is 6.29 Å². The molecular formula is C11H16O. The Morgan fingerprint density at radius 1 is 1.50 bits per heavy atom. The van der Waals surface area contributed by atoms with Crippen LogP contribution in [0.1, 0.15) is 32.6 Å². The van der Waals surface area contributed by atoms with Crippen LogP contribution in [0.3, 0.4) is 0 Å². The molecule has 1 fully saturated rings. The lowest BCUT2D eigenvalue weighted by molar-refractivity contribution is -0.118. The first-order valence-electron chi connectivity index (χ1n) is 4.89. The summed E-state index contributed by atoms with van der Waals surface area (Å²) in [6.45, 7) is 2.12. The molecule has 0 spiro atoms. The summed E-state index contributed by atoms with van der Waals surface area (Å²) in [4.78, 5) is 11.0. The van der Waals surface area contributed by atoms with Gasteiger partial charge in [-0.3, -0.25) is 0 Å². The fourth-order valence-electron chi connectivity index (χ4n) is 2.82. The predicted octanol–water partition coefficient (Wildman–Crippen LogP) is 2.57. The molecule has 66 valence electrons. The molecular weight excluding hydrogens is 148 g/mol. The first-order chi connectivity index (χ1) is 5.76. The van der Waals surface area contributed by atoms with Gasteiger partial charge in [-0.05, 0) is 31.1 Å². The average Bonchev–Trinajstić information content (AvgIpc) is 2.54. The van der Waals surface area contributed by atoms with Gasteiger partial charge in [0.05, 0.1) is 0 Å². The Morgan fingerprint density at radius 3 is 3.08 bits per heavy atom. The van der Waals surface area contributed by atoms with E-state index in [1.165, 1.54) is 25.5 Å². The molecule has 0 bridgehead atoms. The van der Waals surface area contributed by atoms with Crippen molar-refractivity contribution in [3.63, 3.8) is 0 Å². The molecule has 3 atom stereocenters. The molecule has 0 aromatic rings. The van der Waals surface area contributed by atoms with E-state index in [-0.39, 0.29) is 5.41 Å². The van der Waals surface area contributed by atoms with Gasteiger partial charge in [0.1, 0.15) is 6.29 Å². The molecule has 0 unspecified atom stereocenters. The minimum atomic E-state index is -0.0457. The largest absolute Gasteiger partial charge is 0.303 e. The number of aldehydes is 1. The summed E-state index contributed by atoms with van der Waals surface area (Å²) in [5, 5.41) is 0. The Morgan fingerprint density at radius 2 is 2.33 bits per heavy atom. The normalized spacial score (nSPS) is 45.8. The molecule has 2 aliphatic carbocycles. The van der Waals surface area contributed by atoms with Gasteiger partial charge in [-0.25, -0.2) is 0 Å². The zero-order valence-electron chi connectivity index (χ0n) is 7.62. The van der Waals surface area contributed by atoms with Crippen LogP contribution in [0.2, 0.25) is 0 Å². The van der Waals surface area contributed by atoms with Crippen LogP contribution < -0.4 is 0 Å². The van der Waals surface area contributed by atoms with E-state index in [2.05, 4.69) is 19.1 Å². The topological polar surface area (TPSA) is 17.1 Å². The average molecular weight is 164 g/mol. The fraction of sp³-hybridized carbons (Fsp3) is 0.727. The second-order valence-electron chi connectivity index (χ2n) is 4.46. The van der Waals surface area contributed by atoms with Gasteiger partial charge in [0.15, 0.2) is 0 Å². The summed E-state index contributed by atoms with van der Waals surface area (Å²) >= 11 is 0. The van der Waals surface area contributed by atoms with E-state index >= 15 is 0 Å². The van der Waals surface area contributed by atoms with Gasteiger partial charge in [0.25, 0.3) is 0 Å². The molecule has 2 rings (SSSR count). The third kappa shape index (κ3) is 1.03. The molecule has 0 aromatic carbocycles. The molecule has 0 saturated heterocycles. The van der Waals surface area contributed by atoms with E-state index in [0.29, 0.717) is 11.8 Å². The first-order valence-corrected chi connectivity index (χ1v) is 4.89.